The van der Waals surface area contributed by atoms with Gasteiger partial charge in [-0.2, -0.15) is 0 Å². The average molecular weight is 331 g/mol. The SMILES string of the molecule is Cc1ccncc1C1CCNCC1c1ccccc1Br. The Morgan fingerprint density at radius 3 is 2.80 bits per heavy atom. The van der Waals surface area contributed by atoms with E-state index in [4.69, 9.17) is 0 Å². The summed E-state index contributed by atoms with van der Waals surface area (Å²) in [6.45, 7) is 4.30. The quantitative estimate of drug-likeness (QED) is 0.899. The van der Waals surface area contributed by atoms with Crippen LogP contribution >= 0.6 is 15.9 Å². The topological polar surface area (TPSA) is 24.9 Å². The number of nitrogens with zero attached hydrogens (tertiary/aromatic N) is 1. The highest BCUT2D eigenvalue weighted by Gasteiger charge is 2.29. The minimum atomic E-state index is 0.502. The Kier molecular flexibility index (Phi) is 4.18. The Morgan fingerprint density at radius 2 is 2.00 bits per heavy atom. The minimum absolute atomic E-state index is 0.502. The molecule has 2 atom stereocenters. The van der Waals surface area contributed by atoms with Crippen molar-refractivity contribution in [3.05, 3.63) is 63.9 Å². The second-order valence-corrected chi connectivity index (χ2v) is 6.31. The van der Waals surface area contributed by atoms with E-state index in [9.17, 15) is 0 Å². The Bertz CT molecular complexity index is 544. The number of rotatable bonds is 2. The molecule has 1 fully saturated rings. The maximum absolute atomic E-state index is 4.34. The number of aryl methyl sites for hydroxylation is 1. The highest BCUT2D eigenvalue weighted by atomic mass is 79.9. The molecule has 1 aliphatic rings. The molecule has 3 rings (SSSR count). The van der Waals surface area contributed by atoms with Gasteiger partial charge in [0.1, 0.15) is 0 Å². The Morgan fingerprint density at radius 1 is 1.15 bits per heavy atom. The predicted octanol–water partition coefficient (Wildman–Crippen LogP) is 4.01. The smallest absolute Gasteiger partial charge is 0.0305 e. The molecule has 104 valence electrons. The van der Waals surface area contributed by atoms with Crippen LogP contribution in [0.5, 0.6) is 0 Å². The zero-order chi connectivity index (χ0) is 13.9. The molecule has 1 aliphatic heterocycles. The highest BCUT2D eigenvalue weighted by molar-refractivity contribution is 9.10. The van der Waals surface area contributed by atoms with Crippen LogP contribution in [0.25, 0.3) is 0 Å². The molecular weight excluding hydrogens is 312 g/mol. The van der Waals surface area contributed by atoms with E-state index >= 15 is 0 Å². The van der Waals surface area contributed by atoms with Crippen LogP contribution in [-0.4, -0.2) is 18.1 Å². The van der Waals surface area contributed by atoms with Gasteiger partial charge in [-0.25, -0.2) is 0 Å². The molecule has 0 aliphatic carbocycles. The van der Waals surface area contributed by atoms with Crippen molar-refractivity contribution in [2.75, 3.05) is 13.1 Å². The van der Waals surface area contributed by atoms with Gasteiger partial charge < -0.3 is 5.32 Å². The summed E-state index contributed by atoms with van der Waals surface area (Å²) in [4.78, 5) is 4.34. The maximum Gasteiger partial charge on any atom is 0.0305 e. The van der Waals surface area contributed by atoms with Crippen molar-refractivity contribution in [1.82, 2.24) is 10.3 Å². The zero-order valence-electron chi connectivity index (χ0n) is 11.6. The summed E-state index contributed by atoms with van der Waals surface area (Å²) in [5.41, 5.74) is 4.15. The Hall–Kier alpha value is -1.19. The van der Waals surface area contributed by atoms with E-state index in [-0.39, 0.29) is 0 Å². The first-order valence-electron chi connectivity index (χ1n) is 7.13. The van der Waals surface area contributed by atoms with Gasteiger partial charge in [0.2, 0.25) is 0 Å². The lowest BCUT2D eigenvalue weighted by atomic mass is 9.77. The van der Waals surface area contributed by atoms with Crippen molar-refractivity contribution in [3.63, 3.8) is 0 Å². The third kappa shape index (κ3) is 2.65. The molecule has 0 saturated carbocycles. The standard InChI is InChI=1S/C17H19BrN2/c1-12-6-8-19-10-15(12)13-7-9-20-11-16(13)14-4-2-3-5-17(14)18/h2-6,8,10,13,16,20H,7,9,11H2,1H3. The van der Waals surface area contributed by atoms with E-state index in [1.54, 1.807) is 0 Å². The van der Waals surface area contributed by atoms with Gasteiger partial charge >= 0.3 is 0 Å². The number of pyridine rings is 1. The molecule has 2 nitrogen and oxygen atoms in total. The van der Waals surface area contributed by atoms with Crippen LogP contribution < -0.4 is 5.32 Å². The number of hydrogen-bond acceptors (Lipinski definition) is 2. The van der Waals surface area contributed by atoms with Crippen molar-refractivity contribution in [2.45, 2.75) is 25.2 Å². The van der Waals surface area contributed by atoms with Crippen LogP contribution in [0.2, 0.25) is 0 Å². The molecule has 0 spiro atoms. The van der Waals surface area contributed by atoms with E-state index in [1.165, 1.54) is 27.6 Å². The fourth-order valence-electron chi connectivity index (χ4n) is 3.20. The minimum Gasteiger partial charge on any atom is -0.316 e. The fraction of sp³-hybridized carbons (Fsp3) is 0.353. The summed E-state index contributed by atoms with van der Waals surface area (Å²) in [5, 5.41) is 3.54. The van der Waals surface area contributed by atoms with Crippen LogP contribution in [-0.2, 0) is 0 Å². The summed E-state index contributed by atoms with van der Waals surface area (Å²) in [5.74, 6) is 1.05. The van der Waals surface area contributed by atoms with Crippen LogP contribution in [0.4, 0.5) is 0 Å². The van der Waals surface area contributed by atoms with Crippen molar-refractivity contribution in [2.24, 2.45) is 0 Å². The molecule has 1 saturated heterocycles. The molecule has 1 N–H and O–H groups in total. The van der Waals surface area contributed by atoms with Gasteiger partial charge in [-0.05, 0) is 54.6 Å². The summed E-state index contributed by atoms with van der Waals surface area (Å²) in [6, 6.07) is 10.7. The fourth-order valence-corrected chi connectivity index (χ4v) is 3.78. The van der Waals surface area contributed by atoms with Crippen LogP contribution in [0.3, 0.4) is 0 Å². The lowest BCUT2D eigenvalue weighted by Crippen LogP contribution is -2.34. The Balaban J connectivity index is 2.00. The lowest BCUT2D eigenvalue weighted by molar-refractivity contribution is 0.401. The van der Waals surface area contributed by atoms with E-state index in [0.29, 0.717) is 11.8 Å². The van der Waals surface area contributed by atoms with Gasteiger partial charge in [0.25, 0.3) is 0 Å². The Labute approximate surface area is 128 Å². The molecular formula is C17H19BrN2. The van der Waals surface area contributed by atoms with Gasteiger partial charge in [-0.15, -0.1) is 0 Å². The van der Waals surface area contributed by atoms with Crippen LogP contribution in [0, 0.1) is 6.92 Å². The highest BCUT2D eigenvalue weighted by Crippen LogP contribution is 2.40. The normalized spacial score (nSPS) is 22.7. The summed E-state index contributed by atoms with van der Waals surface area (Å²) >= 11 is 3.71. The van der Waals surface area contributed by atoms with E-state index in [0.717, 1.165) is 13.1 Å². The molecule has 1 aromatic heterocycles. The van der Waals surface area contributed by atoms with Gasteiger partial charge in [0.15, 0.2) is 0 Å². The van der Waals surface area contributed by atoms with Crippen molar-refractivity contribution in [3.8, 4) is 0 Å². The first kappa shape index (κ1) is 13.8. The summed E-state index contributed by atoms with van der Waals surface area (Å²) < 4.78 is 1.21. The average Bonchev–Trinajstić information content (AvgIpc) is 2.48. The molecule has 0 radical (unpaired) electrons. The largest absolute Gasteiger partial charge is 0.316 e. The third-order valence-corrected chi connectivity index (χ3v) is 4.99. The number of piperidine rings is 1. The zero-order valence-corrected chi connectivity index (χ0v) is 13.2. The van der Waals surface area contributed by atoms with E-state index < -0.39 is 0 Å². The molecule has 2 aromatic rings. The van der Waals surface area contributed by atoms with E-state index in [1.807, 2.05) is 6.20 Å². The molecule has 0 amide bonds. The lowest BCUT2D eigenvalue weighted by Gasteiger charge is -2.34. The van der Waals surface area contributed by atoms with Gasteiger partial charge in [0, 0.05) is 29.3 Å². The molecule has 3 heteroatoms. The second kappa shape index (κ2) is 6.06. The van der Waals surface area contributed by atoms with Crippen molar-refractivity contribution < 1.29 is 0 Å². The van der Waals surface area contributed by atoms with E-state index in [2.05, 4.69) is 69.7 Å². The molecule has 2 unspecified atom stereocenters. The number of aromatic nitrogens is 1. The van der Waals surface area contributed by atoms with Gasteiger partial charge in [-0.1, -0.05) is 34.1 Å². The predicted molar refractivity (Wildman–Crippen MR) is 86.1 cm³/mol. The van der Waals surface area contributed by atoms with Crippen LogP contribution in [0.15, 0.2) is 47.2 Å². The number of hydrogen-bond donors (Lipinski definition) is 1. The van der Waals surface area contributed by atoms with Gasteiger partial charge in [-0.3, -0.25) is 4.98 Å². The second-order valence-electron chi connectivity index (χ2n) is 5.46. The molecule has 20 heavy (non-hydrogen) atoms. The molecule has 2 heterocycles. The number of halogens is 1. The first-order valence-corrected chi connectivity index (χ1v) is 7.92. The van der Waals surface area contributed by atoms with Crippen molar-refractivity contribution >= 4 is 15.9 Å². The third-order valence-electron chi connectivity index (χ3n) is 4.27. The van der Waals surface area contributed by atoms with Crippen LogP contribution in [0.1, 0.15) is 34.9 Å². The van der Waals surface area contributed by atoms with Crippen molar-refractivity contribution in [1.29, 1.82) is 0 Å². The molecule has 0 bridgehead atoms. The monoisotopic (exact) mass is 330 g/mol. The van der Waals surface area contributed by atoms with Gasteiger partial charge in [0.05, 0.1) is 0 Å². The summed E-state index contributed by atoms with van der Waals surface area (Å²) in [7, 11) is 0. The number of benzene rings is 1. The molecule has 1 aromatic carbocycles. The maximum atomic E-state index is 4.34. The first-order chi connectivity index (χ1) is 9.77. The summed E-state index contributed by atoms with van der Waals surface area (Å²) in [6.07, 6.45) is 5.10. The number of nitrogens with one attached hydrogen (secondary N) is 1.